The van der Waals surface area contributed by atoms with Gasteiger partial charge in [-0.05, 0) is 50.1 Å². The van der Waals surface area contributed by atoms with Crippen molar-refractivity contribution in [3.05, 3.63) is 34.9 Å². The molecule has 118 valence electrons. The van der Waals surface area contributed by atoms with E-state index in [1.807, 2.05) is 7.05 Å². The normalized spacial score (nSPS) is 24.3. The number of rotatable bonds is 4. The summed E-state index contributed by atoms with van der Waals surface area (Å²) >= 11 is 0. The molecule has 1 aromatic carbocycles. The van der Waals surface area contributed by atoms with Gasteiger partial charge in [-0.2, -0.15) is 13.2 Å². The van der Waals surface area contributed by atoms with Crippen molar-refractivity contribution in [3.8, 4) is 0 Å². The maximum absolute atomic E-state index is 12.8. The van der Waals surface area contributed by atoms with E-state index >= 15 is 0 Å². The van der Waals surface area contributed by atoms with Crippen LogP contribution in [0.15, 0.2) is 18.2 Å². The molecule has 0 saturated carbocycles. The summed E-state index contributed by atoms with van der Waals surface area (Å²) in [6.07, 6.45) is -2.27. The third kappa shape index (κ3) is 3.40. The monoisotopic (exact) mass is 301 g/mol. The van der Waals surface area contributed by atoms with E-state index in [0.717, 1.165) is 25.0 Å². The van der Waals surface area contributed by atoms with Crippen LogP contribution in [-0.4, -0.2) is 19.8 Å². The van der Waals surface area contributed by atoms with Crippen molar-refractivity contribution in [2.24, 2.45) is 5.92 Å². The molecule has 0 bridgehead atoms. The maximum Gasteiger partial charge on any atom is 0.416 e. The minimum Gasteiger partial charge on any atom is -0.378 e. The van der Waals surface area contributed by atoms with E-state index < -0.39 is 11.7 Å². The molecule has 1 aliphatic rings. The highest BCUT2D eigenvalue weighted by Gasteiger charge is 2.35. The van der Waals surface area contributed by atoms with E-state index in [1.54, 1.807) is 13.0 Å². The summed E-state index contributed by atoms with van der Waals surface area (Å²) < 4.78 is 44.0. The van der Waals surface area contributed by atoms with Gasteiger partial charge in [-0.3, -0.25) is 0 Å². The number of ether oxygens (including phenoxy) is 1. The molecular weight excluding hydrogens is 279 g/mol. The largest absolute Gasteiger partial charge is 0.416 e. The van der Waals surface area contributed by atoms with Crippen molar-refractivity contribution in [2.75, 3.05) is 13.7 Å². The standard InChI is InChI=1S/C16H22F3NO/c1-4-14-13(7-8-21-14)15(20-3)12-6-5-11(9-10(12)2)16(17,18)19/h5-6,9,13-15,20H,4,7-8H2,1-3H3. The Morgan fingerprint density at radius 2 is 2.10 bits per heavy atom. The number of alkyl halides is 3. The average molecular weight is 301 g/mol. The molecule has 3 atom stereocenters. The summed E-state index contributed by atoms with van der Waals surface area (Å²) in [5.41, 5.74) is 1.01. The Kier molecular flexibility index (Phi) is 4.94. The predicted octanol–water partition coefficient (Wildman–Crippen LogP) is 4.09. The Balaban J connectivity index is 2.30. The summed E-state index contributed by atoms with van der Waals surface area (Å²) in [5.74, 6) is 0.301. The van der Waals surface area contributed by atoms with Gasteiger partial charge in [0.05, 0.1) is 11.7 Å². The van der Waals surface area contributed by atoms with E-state index in [0.29, 0.717) is 11.5 Å². The van der Waals surface area contributed by atoms with E-state index in [-0.39, 0.29) is 12.1 Å². The van der Waals surface area contributed by atoms with Crippen molar-refractivity contribution in [1.82, 2.24) is 5.32 Å². The second-order valence-corrected chi connectivity index (χ2v) is 5.61. The number of hydrogen-bond acceptors (Lipinski definition) is 2. The second kappa shape index (κ2) is 6.36. The predicted molar refractivity (Wildman–Crippen MR) is 76.1 cm³/mol. The van der Waals surface area contributed by atoms with Crippen LogP contribution < -0.4 is 5.32 Å². The molecule has 1 heterocycles. The van der Waals surface area contributed by atoms with Gasteiger partial charge >= 0.3 is 6.18 Å². The lowest BCUT2D eigenvalue weighted by Gasteiger charge is -2.28. The highest BCUT2D eigenvalue weighted by molar-refractivity contribution is 5.35. The lowest BCUT2D eigenvalue weighted by Crippen LogP contribution is -2.31. The first kappa shape index (κ1) is 16.3. The molecule has 0 aliphatic carbocycles. The molecule has 1 aliphatic heterocycles. The number of aryl methyl sites for hydroxylation is 1. The summed E-state index contributed by atoms with van der Waals surface area (Å²) in [6, 6.07) is 4.03. The molecule has 0 spiro atoms. The van der Waals surface area contributed by atoms with Crippen LogP contribution in [-0.2, 0) is 10.9 Å². The zero-order valence-corrected chi connectivity index (χ0v) is 12.6. The molecule has 21 heavy (non-hydrogen) atoms. The van der Waals surface area contributed by atoms with E-state index in [9.17, 15) is 13.2 Å². The SMILES string of the molecule is CCC1OCCC1C(NC)c1ccc(C(F)(F)F)cc1C. The summed E-state index contributed by atoms with van der Waals surface area (Å²) in [5, 5.41) is 3.26. The highest BCUT2D eigenvalue weighted by atomic mass is 19.4. The van der Waals surface area contributed by atoms with Crippen LogP contribution in [0.4, 0.5) is 13.2 Å². The number of nitrogens with one attached hydrogen (secondary N) is 1. The Hall–Kier alpha value is -1.07. The van der Waals surface area contributed by atoms with Gasteiger partial charge in [-0.1, -0.05) is 13.0 Å². The molecule has 2 nitrogen and oxygen atoms in total. The summed E-state index contributed by atoms with van der Waals surface area (Å²) in [7, 11) is 1.85. The van der Waals surface area contributed by atoms with Gasteiger partial charge in [0, 0.05) is 18.6 Å². The molecule has 1 aromatic rings. The smallest absolute Gasteiger partial charge is 0.378 e. The van der Waals surface area contributed by atoms with Crippen LogP contribution in [0.25, 0.3) is 0 Å². The van der Waals surface area contributed by atoms with Gasteiger partial charge in [0.1, 0.15) is 0 Å². The van der Waals surface area contributed by atoms with Gasteiger partial charge in [-0.15, -0.1) is 0 Å². The number of hydrogen-bond donors (Lipinski definition) is 1. The Morgan fingerprint density at radius 3 is 2.62 bits per heavy atom. The highest BCUT2D eigenvalue weighted by Crippen LogP contribution is 2.37. The molecule has 2 rings (SSSR count). The fourth-order valence-corrected chi connectivity index (χ4v) is 3.27. The van der Waals surface area contributed by atoms with Gasteiger partial charge in [0.15, 0.2) is 0 Å². The van der Waals surface area contributed by atoms with Crippen LogP contribution in [0.2, 0.25) is 0 Å². The van der Waals surface area contributed by atoms with Crippen LogP contribution in [0, 0.1) is 12.8 Å². The van der Waals surface area contributed by atoms with Crippen LogP contribution in [0.5, 0.6) is 0 Å². The summed E-state index contributed by atoms with van der Waals surface area (Å²) in [4.78, 5) is 0. The van der Waals surface area contributed by atoms with Crippen molar-refractivity contribution in [3.63, 3.8) is 0 Å². The minimum absolute atomic E-state index is 0.0275. The lowest BCUT2D eigenvalue weighted by atomic mass is 9.84. The average Bonchev–Trinajstić information content (AvgIpc) is 2.88. The zero-order valence-electron chi connectivity index (χ0n) is 12.6. The van der Waals surface area contributed by atoms with Crippen LogP contribution in [0.1, 0.15) is 42.5 Å². The topological polar surface area (TPSA) is 21.3 Å². The molecule has 5 heteroatoms. The third-order valence-corrected chi connectivity index (χ3v) is 4.33. The van der Waals surface area contributed by atoms with Crippen molar-refractivity contribution in [1.29, 1.82) is 0 Å². The van der Waals surface area contributed by atoms with Gasteiger partial charge in [-0.25, -0.2) is 0 Å². The third-order valence-electron chi connectivity index (χ3n) is 4.33. The van der Waals surface area contributed by atoms with E-state index in [2.05, 4.69) is 12.2 Å². The molecule has 0 aromatic heterocycles. The van der Waals surface area contributed by atoms with Crippen molar-refractivity contribution >= 4 is 0 Å². The fourth-order valence-electron chi connectivity index (χ4n) is 3.27. The lowest BCUT2D eigenvalue weighted by molar-refractivity contribution is -0.137. The van der Waals surface area contributed by atoms with Crippen molar-refractivity contribution in [2.45, 2.75) is 45.0 Å². The molecule has 0 amide bonds. The summed E-state index contributed by atoms with van der Waals surface area (Å²) in [6.45, 7) is 4.54. The second-order valence-electron chi connectivity index (χ2n) is 5.61. The maximum atomic E-state index is 12.8. The molecular formula is C16H22F3NO. The molecule has 1 saturated heterocycles. The first-order chi connectivity index (χ1) is 9.88. The Bertz CT molecular complexity index is 487. The number of benzene rings is 1. The van der Waals surface area contributed by atoms with E-state index in [4.69, 9.17) is 4.74 Å². The Morgan fingerprint density at radius 1 is 1.38 bits per heavy atom. The molecule has 1 N–H and O–H groups in total. The van der Waals surface area contributed by atoms with E-state index in [1.165, 1.54) is 12.1 Å². The molecule has 0 radical (unpaired) electrons. The first-order valence-electron chi connectivity index (χ1n) is 7.35. The quantitative estimate of drug-likeness (QED) is 0.904. The molecule has 1 fully saturated rings. The molecule has 3 unspecified atom stereocenters. The van der Waals surface area contributed by atoms with Crippen LogP contribution >= 0.6 is 0 Å². The number of halogens is 3. The van der Waals surface area contributed by atoms with Crippen molar-refractivity contribution < 1.29 is 17.9 Å². The van der Waals surface area contributed by atoms with Crippen LogP contribution in [0.3, 0.4) is 0 Å². The fraction of sp³-hybridized carbons (Fsp3) is 0.625. The first-order valence-corrected chi connectivity index (χ1v) is 7.35. The van der Waals surface area contributed by atoms with Gasteiger partial charge in [0.25, 0.3) is 0 Å². The Labute approximate surface area is 123 Å². The zero-order chi connectivity index (χ0) is 15.6. The van der Waals surface area contributed by atoms with Gasteiger partial charge < -0.3 is 10.1 Å². The minimum atomic E-state index is -4.29. The van der Waals surface area contributed by atoms with Gasteiger partial charge in [0.2, 0.25) is 0 Å².